The van der Waals surface area contributed by atoms with Gasteiger partial charge in [-0.1, -0.05) is 64.4 Å². The van der Waals surface area contributed by atoms with E-state index >= 15 is 0 Å². The Balaban J connectivity index is 1.59. The molecule has 0 amide bonds. The van der Waals surface area contributed by atoms with Crippen LogP contribution in [-0.2, 0) is 11.4 Å². The molecule has 2 aliphatic rings. The number of rotatable bonds is 7. The predicted molar refractivity (Wildman–Crippen MR) is 139 cm³/mol. The van der Waals surface area contributed by atoms with E-state index < -0.39 is 6.04 Å². The molecule has 0 fully saturated rings. The zero-order valence-corrected chi connectivity index (χ0v) is 21.8. The van der Waals surface area contributed by atoms with Gasteiger partial charge in [0, 0.05) is 44.1 Å². The van der Waals surface area contributed by atoms with Gasteiger partial charge >= 0.3 is 0 Å². The average molecular weight is 560 g/mol. The minimum absolute atomic E-state index is 0.139. The summed E-state index contributed by atoms with van der Waals surface area (Å²) in [4.78, 5) is 17.9. The van der Waals surface area contributed by atoms with Crippen LogP contribution in [0.5, 0.6) is 5.75 Å². The summed E-state index contributed by atoms with van der Waals surface area (Å²) in [5.41, 5.74) is 3.45. The Morgan fingerprint density at radius 3 is 2.94 bits per heavy atom. The topological polar surface area (TPSA) is 69.0 Å². The van der Waals surface area contributed by atoms with Crippen LogP contribution in [0, 0.1) is 0 Å². The fourth-order valence-electron chi connectivity index (χ4n) is 4.31. The molecule has 0 radical (unpaired) electrons. The minimum atomic E-state index is -0.415. The fourth-order valence-corrected chi connectivity index (χ4v) is 5.57. The molecule has 1 atom stereocenters. The van der Waals surface area contributed by atoms with E-state index in [4.69, 9.17) is 26.4 Å². The van der Waals surface area contributed by atoms with Crippen molar-refractivity contribution in [1.82, 2.24) is 14.8 Å². The highest BCUT2D eigenvalue weighted by Gasteiger charge is 2.38. The lowest BCUT2D eigenvalue weighted by atomic mass is 9.85. The van der Waals surface area contributed by atoms with Crippen LogP contribution in [0.1, 0.15) is 49.8 Å². The highest BCUT2D eigenvalue weighted by atomic mass is 79.9. The van der Waals surface area contributed by atoms with E-state index in [1.165, 1.54) is 0 Å². The quantitative estimate of drug-likeness (QED) is 0.321. The van der Waals surface area contributed by atoms with Gasteiger partial charge in [-0.2, -0.15) is 4.98 Å². The molecule has 5 rings (SSSR count). The van der Waals surface area contributed by atoms with E-state index in [0.29, 0.717) is 34.9 Å². The molecule has 34 heavy (non-hydrogen) atoms. The summed E-state index contributed by atoms with van der Waals surface area (Å²) in [6, 6.07) is 13.1. The lowest BCUT2D eigenvalue weighted by Gasteiger charge is -2.33. The Morgan fingerprint density at radius 2 is 2.12 bits per heavy atom. The number of carbonyl (C=O) groups is 1. The van der Waals surface area contributed by atoms with Gasteiger partial charge in [-0.3, -0.25) is 4.79 Å². The van der Waals surface area contributed by atoms with Crippen LogP contribution in [0.3, 0.4) is 0 Å². The molecule has 176 valence electrons. The number of fused-ring (bicyclic) bond motifs is 1. The first kappa shape index (κ1) is 23.5. The van der Waals surface area contributed by atoms with Gasteiger partial charge in [0.2, 0.25) is 11.1 Å². The molecule has 1 unspecified atom stereocenters. The molecular formula is C25H24BrClN4O2S. The van der Waals surface area contributed by atoms with Crippen LogP contribution in [0.2, 0.25) is 5.02 Å². The number of thioether (sulfide) groups is 1. The molecule has 1 aliphatic heterocycles. The second-order valence-electron chi connectivity index (χ2n) is 8.27. The maximum absolute atomic E-state index is 13.2. The zero-order chi connectivity index (χ0) is 23.7. The molecule has 2 aromatic carbocycles. The second kappa shape index (κ2) is 10.1. The average Bonchev–Trinajstić information content (AvgIpc) is 3.24. The molecule has 0 bridgehead atoms. The minimum Gasteiger partial charge on any atom is -0.488 e. The van der Waals surface area contributed by atoms with Crippen molar-refractivity contribution < 1.29 is 9.53 Å². The Morgan fingerprint density at radius 1 is 1.26 bits per heavy atom. The lowest BCUT2D eigenvalue weighted by Crippen LogP contribution is -2.31. The number of ether oxygens (including phenoxy) is 1. The van der Waals surface area contributed by atoms with Crippen molar-refractivity contribution >= 4 is 51.0 Å². The SMILES string of the molecule is CCCSc1nc2n(n1)C(c1cc(Br)ccc1OCc1ccccc1Cl)C1=C(CCCC1=O)N2. The molecule has 0 saturated carbocycles. The summed E-state index contributed by atoms with van der Waals surface area (Å²) in [7, 11) is 0. The first-order valence-electron chi connectivity index (χ1n) is 11.3. The number of Topliss-reactive ketones (excluding diaryl/α,β-unsaturated/α-hetero) is 1. The number of halogens is 2. The number of nitrogens with zero attached hydrogens (tertiary/aromatic N) is 3. The third-order valence-corrected chi connectivity index (χ3v) is 7.80. The van der Waals surface area contributed by atoms with Gasteiger partial charge in [-0.15, -0.1) is 5.10 Å². The highest BCUT2D eigenvalue weighted by Crippen LogP contribution is 2.44. The molecule has 9 heteroatoms. The van der Waals surface area contributed by atoms with Crippen LogP contribution in [-0.4, -0.2) is 26.3 Å². The maximum Gasteiger partial charge on any atom is 0.227 e. The fraction of sp³-hybridized carbons (Fsp3) is 0.320. The molecular weight excluding hydrogens is 536 g/mol. The Bertz CT molecular complexity index is 1280. The predicted octanol–water partition coefficient (Wildman–Crippen LogP) is 6.80. The summed E-state index contributed by atoms with van der Waals surface area (Å²) >= 11 is 11.6. The van der Waals surface area contributed by atoms with Crippen LogP contribution in [0.4, 0.5) is 5.95 Å². The summed E-state index contributed by atoms with van der Waals surface area (Å²) in [5.74, 6) is 2.42. The Labute approximate surface area is 216 Å². The highest BCUT2D eigenvalue weighted by molar-refractivity contribution is 9.10. The smallest absolute Gasteiger partial charge is 0.227 e. The summed E-state index contributed by atoms with van der Waals surface area (Å²) in [6.07, 6.45) is 3.20. The normalized spacial score (nSPS) is 17.3. The zero-order valence-electron chi connectivity index (χ0n) is 18.7. The van der Waals surface area contributed by atoms with Gasteiger partial charge in [-0.05, 0) is 43.5 Å². The van der Waals surface area contributed by atoms with Crippen LogP contribution in [0.25, 0.3) is 0 Å². The molecule has 3 aromatic rings. The third-order valence-electron chi connectivity index (χ3n) is 5.89. The second-order valence-corrected chi connectivity index (χ2v) is 10.7. The number of anilines is 1. The molecule has 0 spiro atoms. The van der Waals surface area contributed by atoms with E-state index in [2.05, 4.69) is 28.2 Å². The van der Waals surface area contributed by atoms with E-state index in [9.17, 15) is 4.79 Å². The van der Waals surface area contributed by atoms with Crippen molar-refractivity contribution in [3.05, 3.63) is 74.4 Å². The van der Waals surface area contributed by atoms with Gasteiger partial charge in [0.25, 0.3) is 0 Å². The molecule has 1 N–H and O–H groups in total. The maximum atomic E-state index is 13.2. The van der Waals surface area contributed by atoms with Crippen molar-refractivity contribution in [3.63, 3.8) is 0 Å². The van der Waals surface area contributed by atoms with E-state index in [1.807, 2.05) is 47.1 Å². The Kier molecular flexibility index (Phi) is 6.99. The van der Waals surface area contributed by atoms with Crippen molar-refractivity contribution in [3.8, 4) is 5.75 Å². The first-order valence-corrected chi connectivity index (χ1v) is 13.5. The van der Waals surface area contributed by atoms with Gasteiger partial charge in [0.05, 0.1) is 0 Å². The van der Waals surface area contributed by atoms with Crippen LogP contribution < -0.4 is 10.1 Å². The number of hydrogen-bond donors (Lipinski definition) is 1. The molecule has 6 nitrogen and oxygen atoms in total. The first-order chi connectivity index (χ1) is 16.5. The monoisotopic (exact) mass is 558 g/mol. The van der Waals surface area contributed by atoms with Crippen LogP contribution >= 0.6 is 39.3 Å². The van der Waals surface area contributed by atoms with Crippen molar-refractivity contribution in [2.45, 2.75) is 50.4 Å². The number of ketones is 1. The van der Waals surface area contributed by atoms with E-state index in [-0.39, 0.29) is 5.78 Å². The molecule has 1 aromatic heterocycles. The van der Waals surface area contributed by atoms with Gasteiger partial charge in [0.15, 0.2) is 5.78 Å². The number of allylic oxidation sites excluding steroid dienone is 2. The van der Waals surface area contributed by atoms with Gasteiger partial charge in [0.1, 0.15) is 18.4 Å². The number of carbonyl (C=O) groups excluding carboxylic acids is 1. The van der Waals surface area contributed by atoms with E-state index in [0.717, 1.165) is 51.9 Å². The Hall–Kier alpha value is -2.29. The van der Waals surface area contributed by atoms with Gasteiger partial charge in [-0.25, -0.2) is 4.68 Å². The van der Waals surface area contributed by atoms with Crippen molar-refractivity contribution in [1.29, 1.82) is 0 Å². The summed E-state index contributed by atoms with van der Waals surface area (Å²) < 4.78 is 9.03. The lowest BCUT2D eigenvalue weighted by molar-refractivity contribution is -0.116. The van der Waals surface area contributed by atoms with Crippen molar-refractivity contribution in [2.75, 3.05) is 11.1 Å². The number of aromatic nitrogens is 3. The van der Waals surface area contributed by atoms with Crippen LogP contribution in [0.15, 0.2) is 63.4 Å². The van der Waals surface area contributed by atoms with Crippen molar-refractivity contribution in [2.24, 2.45) is 0 Å². The molecule has 2 heterocycles. The molecule has 1 aliphatic carbocycles. The standard InChI is InChI=1S/C25H24BrClN4O2S/c1-2-12-34-25-29-24-28-19-8-5-9-20(32)22(19)23(31(24)30-25)17-13-16(26)10-11-21(17)33-14-15-6-3-4-7-18(15)27/h3-4,6-7,10-11,13,23H,2,5,8-9,12,14H2,1H3,(H,28,29,30). The number of benzene rings is 2. The van der Waals surface area contributed by atoms with Gasteiger partial charge < -0.3 is 10.1 Å². The molecule has 0 saturated heterocycles. The third kappa shape index (κ3) is 4.63. The summed E-state index contributed by atoms with van der Waals surface area (Å²) in [6.45, 7) is 2.45. The summed E-state index contributed by atoms with van der Waals surface area (Å²) in [5, 5.41) is 9.56. The number of nitrogens with one attached hydrogen (secondary N) is 1. The van der Waals surface area contributed by atoms with E-state index in [1.54, 1.807) is 11.8 Å². The number of hydrogen-bond acceptors (Lipinski definition) is 6. The largest absolute Gasteiger partial charge is 0.488 e.